The van der Waals surface area contributed by atoms with E-state index in [2.05, 4.69) is 20.6 Å². The van der Waals surface area contributed by atoms with E-state index in [1.807, 2.05) is 0 Å². The van der Waals surface area contributed by atoms with E-state index >= 15 is 0 Å². The second kappa shape index (κ2) is 6.89. The maximum atomic E-state index is 12.0. The Labute approximate surface area is 145 Å². The number of anilines is 1. The molecule has 0 saturated heterocycles. The van der Waals surface area contributed by atoms with Crippen molar-refractivity contribution >= 4 is 28.4 Å². The van der Waals surface area contributed by atoms with Crippen molar-refractivity contribution < 1.29 is 9.72 Å². The van der Waals surface area contributed by atoms with Crippen LogP contribution in [0.25, 0.3) is 11.0 Å². The van der Waals surface area contributed by atoms with Gasteiger partial charge in [-0.2, -0.15) is 0 Å². The summed E-state index contributed by atoms with van der Waals surface area (Å²) in [7, 11) is 0. The number of para-hydroxylation sites is 1. The third kappa shape index (κ3) is 3.59. The first-order valence-corrected chi connectivity index (χ1v) is 7.47. The number of nitro groups is 1. The lowest BCUT2D eigenvalue weighted by Crippen LogP contribution is -2.31. The molecule has 10 heteroatoms. The minimum Gasteiger partial charge on any atom is -0.334 e. The number of aromatic amines is 2. The average Bonchev–Trinajstić information content (AvgIpc) is 2.61. The van der Waals surface area contributed by atoms with E-state index < -0.39 is 22.1 Å². The van der Waals surface area contributed by atoms with Crippen molar-refractivity contribution in [3.05, 3.63) is 78.8 Å². The van der Waals surface area contributed by atoms with Gasteiger partial charge in [0, 0.05) is 29.9 Å². The Hall–Kier alpha value is -3.95. The fourth-order valence-electron chi connectivity index (χ4n) is 2.40. The fourth-order valence-corrected chi connectivity index (χ4v) is 2.40. The molecule has 3 aromatic rings. The summed E-state index contributed by atoms with van der Waals surface area (Å²) in [5.41, 5.74) is -0.915. The lowest BCUT2D eigenvalue weighted by atomic mass is 10.1. The van der Waals surface area contributed by atoms with E-state index in [-0.39, 0.29) is 28.8 Å². The lowest BCUT2D eigenvalue weighted by molar-refractivity contribution is -0.384. The Morgan fingerprint density at radius 3 is 2.46 bits per heavy atom. The van der Waals surface area contributed by atoms with Crippen LogP contribution in [-0.2, 0) is 6.54 Å². The van der Waals surface area contributed by atoms with Gasteiger partial charge in [0.15, 0.2) is 0 Å². The van der Waals surface area contributed by atoms with Crippen LogP contribution < -0.4 is 21.8 Å². The van der Waals surface area contributed by atoms with E-state index in [1.165, 1.54) is 6.07 Å². The molecular weight excluding hydrogens is 342 g/mol. The molecule has 0 bridgehead atoms. The van der Waals surface area contributed by atoms with Gasteiger partial charge in [-0.1, -0.05) is 18.2 Å². The van der Waals surface area contributed by atoms with Crippen LogP contribution >= 0.6 is 0 Å². The fraction of sp³-hybridized carbons (Fsp3) is 0.0625. The van der Waals surface area contributed by atoms with Crippen molar-refractivity contribution in [3.63, 3.8) is 0 Å². The van der Waals surface area contributed by atoms with Crippen LogP contribution in [0.5, 0.6) is 0 Å². The molecule has 26 heavy (non-hydrogen) atoms. The van der Waals surface area contributed by atoms with Crippen molar-refractivity contribution in [3.8, 4) is 0 Å². The Kier molecular flexibility index (Phi) is 4.48. The number of rotatable bonds is 4. The van der Waals surface area contributed by atoms with Gasteiger partial charge in [0.1, 0.15) is 0 Å². The van der Waals surface area contributed by atoms with Crippen LogP contribution in [0.1, 0.15) is 5.56 Å². The first kappa shape index (κ1) is 16.9. The van der Waals surface area contributed by atoms with E-state index in [0.29, 0.717) is 5.69 Å². The number of hydrogen-bond acceptors (Lipinski definition) is 5. The van der Waals surface area contributed by atoms with Crippen molar-refractivity contribution in [2.75, 3.05) is 5.32 Å². The van der Waals surface area contributed by atoms with Gasteiger partial charge in [-0.25, -0.2) is 4.79 Å². The molecule has 0 radical (unpaired) electrons. The van der Waals surface area contributed by atoms with Gasteiger partial charge in [-0.15, -0.1) is 0 Å². The van der Waals surface area contributed by atoms with Crippen molar-refractivity contribution in [1.29, 1.82) is 0 Å². The number of non-ortho nitro benzene ring substituents is 1. The number of nitro benzene ring substituents is 1. The number of benzene rings is 2. The summed E-state index contributed by atoms with van der Waals surface area (Å²) in [6.45, 7) is -0.0984. The molecule has 0 spiro atoms. The van der Waals surface area contributed by atoms with Gasteiger partial charge >= 0.3 is 17.1 Å². The third-order valence-electron chi connectivity index (χ3n) is 3.58. The number of carbonyl (C=O) groups is 1. The van der Waals surface area contributed by atoms with Crippen LogP contribution in [0.3, 0.4) is 0 Å². The molecule has 132 valence electrons. The molecule has 0 aliphatic rings. The highest BCUT2D eigenvalue weighted by molar-refractivity contribution is 5.89. The molecule has 1 aromatic heterocycles. The van der Waals surface area contributed by atoms with Gasteiger partial charge in [-0.05, 0) is 12.1 Å². The highest BCUT2D eigenvalue weighted by Crippen LogP contribution is 2.21. The van der Waals surface area contributed by atoms with Crippen molar-refractivity contribution in [1.82, 2.24) is 15.3 Å². The normalized spacial score (nSPS) is 10.5. The van der Waals surface area contributed by atoms with Gasteiger partial charge < -0.3 is 20.6 Å². The summed E-state index contributed by atoms with van der Waals surface area (Å²) in [6, 6.07) is 10.5. The van der Waals surface area contributed by atoms with Gasteiger partial charge in [0.05, 0.1) is 16.0 Å². The number of carbonyl (C=O) groups excluding carboxylic acids is 1. The zero-order chi connectivity index (χ0) is 18.7. The number of aromatic nitrogens is 2. The summed E-state index contributed by atoms with van der Waals surface area (Å²) in [6.07, 6.45) is 0. The van der Waals surface area contributed by atoms with E-state index in [9.17, 15) is 24.5 Å². The standard InChI is InChI=1S/C16H13N5O5/c22-14-15(23)20-13-9(6-11(21(25)26)7-12(13)19-14)8-17-16(24)18-10-4-2-1-3-5-10/h1-7H,8H2,(H,19,22)(H,20,23)(H2,17,18,24). The molecule has 2 amide bonds. The zero-order valence-corrected chi connectivity index (χ0v) is 13.2. The highest BCUT2D eigenvalue weighted by Gasteiger charge is 2.14. The number of amides is 2. The first-order valence-electron chi connectivity index (χ1n) is 7.47. The zero-order valence-electron chi connectivity index (χ0n) is 13.2. The monoisotopic (exact) mass is 355 g/mol. The Balaban J connectivity index is 1.89. The number of fused-ring (bicyclic) bond motifs is 1. The summed E-state index contributed by atoms with van der Waals surface area (Å²) in [5, 5.41) is 16.2. The molecule has 0 aliphatic carbocycles. The maximum absolute atomic E-state index is 12.0. The molecule has 0 aliphatic heterocycles. The Morgan fingerprint density at radius 2 is 1.77 bits per heavy atom. The number of urea groups is 1. The lowest BCUT2D eigenvalue weighted by Gasteiger charge is -2.09. The van der Waals surface area contributed by atoms with Gasteiger partial charge in [-0.3, -0.25) is 19.7 Å². The van der Waals surface area contributed by atoms with Crippen LogP contribution in [-0.4, -0.2) is 20.9 Å². The molecule has 0 fully saturated rings. The molecule has 0 atom stereocenters. The molecule has 1 heterocycles. The molecule has 3 rings (SSSR count). The number of nitrogens with zero attached hydrogens (tertiary/aromatic N) is 1. The molecular formula is C16H13N5O5. The quantitative estimate of drug-likeness (QED) is 0.317. The molecule has 4 N–H and O–H groups in total. The van der Waals surface area contributed by atoms with Gasteiger partial charge in [0.2, 0.25) is 0 Å². The van der Waals surface area contributed by atoms with Crippen LogP contribution in [0.2, 0.25) is 0 Å². The van der Waals surface area contributed by atoms with Crippen molar-refractivity contribution in [2.24, 2.45) is 0 Å². The predicted molar refractivity (Wildman–Crippen MR) is 94.1 cm³/mol. The number of nitrogens with one attached hydrogen (secondary N) is 4. The average molecular weight is 355 g/mol. The molecule has 2 aromatic carbocycles. The van der Waals surface area contributed by atoms with Crippen LogP contribution in [0.4, 0.5) is 16.2 Å². The second-order valence-corrected chi connectivity index (χ2v) is 5.37. The predicted octanol–water partition coefficient (Wildman–Crippen LogP) is 1.45. The molecule has 0 saturated carbocycles. The second-order valence-electron chi connectivity index (χ2n) is 5.37. The van der Waals surface area contributed by atoms with E-state index in [1.54, 1.807) is 30.3 Å². The minimum absolute atomic E-state index is 0.0984. The van der Waals surface area contributed by atoms with E-state index in [0.717, 1.165) is 6.07 Å². The molecule has 10 nitrogen and oxygen atoms in total. The third-order valence-corrected chi connectivity index (χ3v) is 3.58. The van der Waals surface area contributed by atoms with Crippen LogP contribution in [0.15, 0.2) is 52.1 Å². The van der Waals surface area contributed by atoms with Crippen LogP contribution in [0, 0.1) is 10.1 Å². The largest absolute Gasteiger partial charge is 0.334 e. The number of hydrogen-bond donors (Lipinski definition) is 4. The first-order chi connectivity index (χ1) is 12.4. The summed E-state index contributed by atoms with van der Waals surface area (Å²) in [4.78, 5) is 50.1. The van der Waals surface area contributed by atoms with Gasteiger partial charge in [0.25, 0.3) is 5.69 Å². The Bertz CT molecular complexity index is 1100. The number of H-pyrrole nitrogens is 2. The summed E-state index contributed by atoms with van der Waals surface area (Å²) >= 11 is 0. The van der Waals surface area contributed by atoms with Crippen molar-refractivity contribution in [2.45, 2.75) is 6.54 Å². The maximum Gasteiger partial charge on any atom is 0.319 e. The Morgan fingerprint density at radius 1 is 1.08 bits per heavy atom. The topological polar surface area (TPSA) is 150 Å². The summed E-state index contributed by atoms with van der Waals surface area (Å²) < 4.78 is 0. The molecule has 0 unspecified atom stereocenters. The highest BCUT2D eigenvalue weighted by atomic mass is 16.6. The smallest absolute Gasteiger partial charge is 0.319 e. The minimum atomic E-state index is -0.918. The SMILES string of the molecule is O=C(NCc1cc([N+](=O)[O-])cc2[nH]c(=O)c(=O)[nH]c12)Nc1ccccc1. The summed E-state index contributed by atoms with van der Waals surface area (Å²) in [5.74, 6) is 0. The van der Waals surface area contributed by atoms with E-state index in [4.69, 9.17) is 0 Å².